The van der Waals surface area contributed by atoms with Crippen LogP contribution in [0.25, 0.3) is 0 Å². The minimum Gasteiger partial charge on any atom is -0.409 e. The second-order valence-corrected chi connectivity index (χ2v) is 4.64. The number of hydrogen-bond donors (Lipinski definition) is 3. The molecule has 0 spiro atoms. The molecule has 4 heteroatoms. The third kappa shape index (κ3) is 7.59. The molecule has 0 saturated carbocycles. The molecule has 0 aromatic rings. The molecule has 0 saturated heterocycles. The molecule has 13 heavy (non-hydrogen) atoms. The number of nitrogens with zero attached hydrogens (tertiary/aromatic N) is 1. The summed E-state index contributed by atoms with van der Waals surface area (Å²) in [5, 5.41) is 14.6. The Kier molecular flexibility index (Phi) is 4.77. The summed E-state index contributed by atoms with van der Waals surface area (Å²) in [5.74, 6) is 0.272. The first-order valence-electron chi connectivity index (χ1n) is 4.55. The van der Waals surface area contributed by atoms with Crippen LogP contribution >= 0.6 is 0 Å². The Morgan fingerprint density at radius 3 is 2.46 bits per heavy atom. The summed E-state index contributed by atoms with van der Waals surface area (Å²) >= 11 is 0. The molecular formula is C9H21N3O. The van der Waals surface area contributed by atoms with Crippen molar-refractivity contribution in [2.24, 2.45) is 16.3 Å². The second-order valence-electron chi connectivity index (χ2n) is 4.64. The minimum atomic E-state index is 0.245. The molecule has 0 aromatic carbocycles. The Balaban J connectivity index is 3.70. The third-order valence-corrected chi connectivity index (χ3v) is 1.62. The summed E-state index contributed by atoms with van der Waals surface area (Å²) in [4.78, 5) is 0. The van der Waals surface area contributed by atoms with E-state index in [0.717, 1.165) is 6.54 Å². The van der Waals surface area contributed by atoms with Crippen LogP contribution in [0, 0.1) is 5.41 Å². The van der Waals surface area contributed by atoms with Gasteiger partial charge in [-0.2, -0.15) is 0 Å². The van der Waals surface area contributed by atoms with Gasteiger partial charge in [0.2, 0.25) is 0 Å². The van der Waals surface area contributed by atoms with Gasteiger partial charge in [0.05, 0.1) is 0 Å². The van der Waals surface area contributed by atoms with Gasteiger partial charge in [-0.1, -0.05) is 25.9 Å². The van der Waals surface area contributed by atoms with Crippen molar-refractivity contribution >= 4 is 5.84 Å². The van der Waals surface area contributed by atoms with E-state index in [4.69, 9.17) is 10.9 Å². The number of nitrogens with two attached hydrogens (primary N) is 1. The lowest BCUT2D eigenvalue weighted by atomic mass is 9.96. The van der Waals surface area contributed by atoms with E-state index in [9.17, 15) is 0 Å². The van der Waals surface area contributed by atoms with E-state index in [1.165, 1.54) is 0 Å². The smallest absolute Gasteiger partial charge is 0.140 e. The maximum absolute atomic E-state index is 8.35. The fourth-order valence-electron chi connectivity index (χ4n) is 0.907. The van der Waals surface area contributed by atoms with Crippen LogP contribution in [-0.4, -0.2) is 23.6 Å². The molecule has 0 radical (unpaired) electrons. The zero-order valence-corrected chi connectivity index (χ0v) is 8.96. The molecule has 0 aliphatic rings. The summed E-state index contributed by atoms with van der Waals surface area (Å²) in [5.41, 5.74) is 5.64. The summed E-state index contributed by atoms with van der Waals surface area (Å²) < 4.78 is 0. The highest BCUT2D eigenvalue weighted by atomic mass is 16.4. The van der Waals surface area contributed by atoms with Crippen LogP contribution in [0.15, 0.2) is 5.16 Å². The Morgan fingerprint density at radius 1 is 1.54 bits per heavy atom. The molecule has 78 valence electrons. The van der Waals surface area contributed by atoms with Crippen LogP contribution in [0.3, 0.4) is 0 Å². The van der Waals surface area contributed by atoms with Crippen molar-refractivity contribution in [1.29, 1.82) is 0 Å². The van der Waals surface area contributed by atoms with Gasteiger partial charge in [-0.05, 0) is 12.3 Å². The first kappa shape index (κ1) is 12.2. The molecule has 1 unspecified atom stereocenters. The third-order valence-electron chi connectivity index (χ3n) is 1.62. The van der Waals surface area contributed by atoms with Crippen LogP contribution in [0.1, 0.15) is 34.1 Å². The van der Waals surface area contributed by atoms with E-state index in [-0.39, 0.29) is 17.3 Å². The summed E-state index contributed by atoms with van der Waals surface area (Å²) in [6.07, 6.45) is 0.576. The molecule has 0 aliphatic heterocycles. The maximum atomic E-state index is 8.35. The molecular weight excluding hydrogens is 166 g/mol. The maximum Gasteiger partial charge on any atom is 0.140 e. The Bertz CT molecular complexity index is 172. The van der Waals surface area contributed by atoms with Crippen LogP contribution < -0.4 is 11.1 Å². The first-order chi connectivity index (χ1) is 5.85. The summed E-state index contributed by atoms with van der Waals surface area (Å²) in [7, 11) is 0. The van der Waals surface area contributed by atoms with Crippen molar-refractivity contribution in [3.05, 3.63) is 0 Å². The van der Waals surface area contributed by atoms with Crippen molar-refractivity contribution in [3.8, 4) is 0 Å². The lowest BCUT2D eigenvalue weighted by Crippen LogP contribution is -2.36. The quantitative estimate of drug-likeness (QED) is 0.267. The number of nitrogens with one attached hydrogen (secondary N) is 1. The van der Waals surface area contributed by atoms with Gasteiger partial charge in [0, 0.05) is 19.0 Å². The van der Waals surface area contributed by atoms with Gasteiger partial charge in [0.15, 0.2) is 0 Å². The van der Waals surface area contributed by atoms with E-state index in [1.54, 1.807) is 0 Å². The van der Waals surface area contributed by atoms with E-state index in [0.29, 0.717) is 6.42 Å². The van der Waals surface area contributed by atoms with Crippen molar-refractivity contribution in [2.45, 2.75) is 40.2 Å². The van der Waals surface area contributed by atoms with Gasteiger partial charge in [0.25, 0.3) is 0 Å². The number of amidine groups is 1. The molecule has 0 heterocycles. The fourth-order valence-corrected chi connectivity index (χ4v) is 0.907. The largest absolute Gasteiger partial charge is 0.409 e. The van der Waals surface area contributed by atoms with E-state index >= 15 is 0 Å². The van der Waals surface area contributed by atoms with Crippen molar-refractivity contribution in [3.63, 3.8) is 0 Å². The van der Waals surface area contributed by atoms with Gasteiger partial charge in [-0.25, -0.2) is 0 Å². The Morgan fingerprint density at radius 2 is 2.08 bits per heavy atom. The molecule has 0 aromatic heterocycles. The van der Waals surface area contributed by atoms with E-state index in [1.807, 2.05) is 6.92 Å². The first-order valence-corrected chi connectivity index (χ1v) is 4.55. The molecule has 4 N–H and O–H groups in total. The van der Waals surface area contributed by atoms with Crippen LogP contribution in [-0.2, 0) is 0 Å². The standard InChI is InChI=1S/C9H21N3O/c1-7(5-8(10)12-13)11-6-9(2,3)4/h7,11,13H,5-6H2,1-4H3,(H2,10,12). The predicted octanol–water partition coefficient (Wildman–Crippen LogP) is 1.15. The van der Waals surface area contributed by atoms with Gasteiger partial charge in [0.1, 0.15) is 5.84 Å². The predicted molar refractivity (Wildman–Crippen MR) is 54.9 cm³/mol. The summed E-state index contributed by atoms with van der Waals surface area (Å²) in [6, 6.07) is 0.245. The van der Waals surface area contributed by atoms with Gasteiger partial charge >= 0.3 is 0 Å². The minimum absolute atomic E-state index is 0.245. The lowest BCUT2D eigenvalue weighted by molar-refractivity contribution is 0.314. The average Bonchev–Trinajstić information content (AvgIpc) is 1.99. The lowest BCUT2D eigenvalue weighted by Gasteiger charge is -2.22. The van der Waals surface area contributed by atoms with E-state index < -0.39 is 0 Å². The average molecular weight is 187 g/mol. The molecule has 0 amide bonds. The molecule has 0 rings (SSSR count). The highest BCUT2D eigenvalue weighted by molar-refractivity contribution is 5.80. The van der Waals surface area contributed by atoms with Crippen molar-refractivity contribution in [1.82, 2.24) is 5.32 Å². The highest BCUT2D eigenvalue weighted by Gasteiger charge is 2.12. The molecule has 1 atom stereocenters. The SMILES string of the molecule is CC(CC(N)=NO)NCC(C)(C)C. The zero-order chi connectivity index (χ0) is 10.5. The van der Waals surface area contributed by atoms with Crippen molar-refractivity contribution < 1.29 is 5.21 Å². The molecule has 0 bridgehead atoms. The van der Waals surface area contributed by atoms with Crippen LogP contribution in [0.4, 0.5) is 0 Å². The highest BCUT2D eigenvalue weighted by Crippen LogP contribution is 2.10. The molecule has 0 fully saturated rings. The molecule has 0 aliphatic carbocycles. The van der Waals surface area contributed by atoms with E-state index in [2.05, 4.69) is 31.2 Å². The Labute approximate surface area is 80.2 Å². The molecule has 4 nitrogen and oxygen atoms in total. The van der Waals surface area contributed by atoms with Gasteiger partial charge < -0.3 is 16.3 Å². The normalized spacial score (nSPS) is 15.8. The monoisotopic (exact) mass is 187 g/mol. The zero-order valence-electron chi connectivity index (χ0n) is 8.96. The number of hydrogen-bond acceptors (Lipinski definition) is 3. The fraction of sp³-hybridized carbons (Fsp3) is 0.889. The number of oxime groups is 1. The van der Waals surface area contributed by atoms with Crippen LogP contribution in [0.5, 0.6) is 0 Å². The van der Waals surface area contributed by atoms with Gasteiger partial charge in [-0.15, -0.1) is 0 Å². The second kappa shape index (κ2) is 5.07. The van der Waals surface area contributed by atoms with Crippen molar-refractivity contribution in [2.75, 3.05) is 6.54 Å². The topological polar surface area (TPSA) is 70.6 Å². The number of rotatable bonds is 4. The Hall–Kier alpha value is -0.770. The van der Waals surface area contributed by atoms with Gasteiger partial charge in [-0.3, -0.25) is 0 Å². The summed E-state index contributed by atoms with van der Waals surface area (Å²) in [6.45, 7) is 9.43. The van der Waals surface area contributed by atoms with Crippen LogP contribution in [0.2, 0.25) is 0 Å².